The monoisotopic (exact) mass is 487 g/mol. The number of hydrogen-bond acceptors (Lipinski definition) is 5. The number of anilines is 1. The maximum atomic E-state index is 10.1. The fourth-order valence-corrected chi connectivity index (χ4v) is 6.24. The Kier molecular flexibility index (Phi) is 6.98. The van der Waals surface area contributed by atoms with Crippen LogP contribution in [-0.2, 0) is 6.54 Å². The van der Waals surface area contributed by atoms with Gasteiger partial charge >= 0.3 is 0 Å². The van der Waals surface area contributed by atoms with Gasteiger partial charge in [-0.05, 0) is 82.0 Å². The number of aliphatic hydroxyl groups is 1. The number of nitrogens with one attached hydrogen (secondary N) is 1. The molecule has 1 unspecified atom stereocenters. The molecule has 2 N–H and O–H groups in total. The highest BCUT2D eigenvalue weighted by molar-refractivity contribution is 5.94. The molecule has 6 heteroatoms. The molecule has 0 radical (unpaired) electrons. The Morgan fingerprint density at radius 2 is 1.75 bits per heavy atom. The minimum absolute atomic E-state index is 0.162. The van der Waals surface area contributed by atoms with Crippen molar-refractivity contribution in [1.29, 1.82) is 0 Å². The van der Waals surface area contributed by atoms with Gasteiger partial charge in [0.15, 0.2) is 0 Å². The lowest BCUT2D eigenvalue weighted by molar-refractivity contribution is 0.111. The van der Waals surface area contributed by atoms with E-state index in [1.165, 1.54) is 68.3 Å². The maximum Gasteiger partial charge on any atom is 0.224 e. The molecule has 2 saturated carbocycles. The molecular formula is C30H41N5O. The van der Waals surface area contributed by atoms with Crippen LogP contribution in [0, 0.1) is 5.92 Å². The van der Waals surface area contributed by atoms with Gasteiger partial charge in [0.2, 0.25) is 5.95 Å². The molecule has 36 heavy (non-hydrogen) atoms. The number of fused-ring (bicyclic) bond motifs is 1. The molecule has 1 saturated heterocycles. The number of aromatic nitrogens is 3. The molecule has 3 heterocycles. The summed E-state index contributed by atoms with van der Waals surface area (Å²) in [5, 5.41) is 14.8. The molecule has 1 aromatic carbocycles. The van der Waals surface area contributed by atoms with E-state index in [1.807, 2.05) is 6.20 Å². The standard InChI is InChI=1S/C30H41N5O/c1-21(17-22-5-6-22)32-30-31-18-27-28(20-35(29(27)33-30)25-11-13-26(36)14-12-25)24-9-7-23(8-10-24)19-34-15-3-2-4-16-34/h7-10,18,20-22,25-26,36H,2-6,11-17,19H2,1H3,(H,31,32,33)/t21?,25-,26-. The summed E-state index contributed by atoms with van der Waals surface area (Å²) >= 11 is 0. The van der Waals surface area contributed by atoms with E-state index in [0.29, 0.717) is 12.1 Å². The lowest BCUT2D eigenvalue weighted by Gasteiger charge is -2.27. The van der Waals surface area contributed by atoms with Crippen molar-refractivity contribution in [2.45, 2.75) is 95.9 Å². The molecule has 1 aliphatic heterocycles. The Morgan fingerprint density at radius 1 is 1.00 bits per heavy atom. The van der Waals surface area contributed by atoms with Gasteiger partial charge in [-0.1, -0.05) is 43.5 Å². The lowest BCUT2D eigenvalue weighted by atomic mass is 9.93. The summed E-state index contributed by atoms with van der Waals surface area (Å²) in [6.45, 7) is 5.73. The third kappa shape index (κ3) is 5.45. The van der Waals surface area contributed by atoms with Crippen LogP contribution in [-0.4, -0.2) is 49.8 Å². The van der Waals surface area contributed by atoms with E-state index in [1.54, 1.807) is 0 Å². The van der Waals surface area contributed by atoms with Gasteiger partial charge in [0, 0.05) is 42.0 Å². The largest absolute Gasteiger partial charge is 0.393 e. The minimum atomic E-state index is -0.162. The number of rotatable bonds is 8. The summed E-state index contributed by atoms with van der Waals surface area (Å²) in [4.78, 5) is 12.4. The molecule has 0 bridgehead atoms. The third-order valence-electron chi connectivity index (χ3n) is 8.51. The molecule has 2 aromatic heterocycles. The van der Waals surface area contributed by atoms with Gasteiger partial charge in [0.25, 0.3) is 0 Å². The topological polar surface area (TPSA) is 66.2 Å². The summed E-state index contributed by atoms with van der Waals surface area (Å²) in [6, 6.07) is 9.88. The van der Waals surface area contributed by atoms with Crippen LogP contribution in [0.2, 0.25) is 0 Å². The predicted octanol–water partition coefficient (Wildman–Crippen LogP) is 6.16. The quantitative estimate of drug-likeness (QED) is 0.398. The first-order chi connectivity index (χ1) is 17.6. The molecule has 6 rings (SSSR count). The summed E-state index contributed by atoms with van der Waals surface area (Å²) in [7, 11) is 0. The van der Waals surface area contributed by atoms with Crippen LogP contribution in [0.25, 0.3) is 22.2 Å². The van der Waals surface area contributed by atoms with E-state index >= 15 is 0 Å². The van der Waals surface area contributed by atoms with E-state index in [-0.39, 0.29) is 6.10 Å². The zero-order chi connectivity index (χ0) is 24.5. The van der Waals surface area contributed by atoms with E-state index in [9.17, 15) is 5.11 Å². The van der Waals surface area contributed by atoms with Gasteiger partial charge in [0.05, 0.1) is 6.10 Å². The molecule has 6 nitrogen and oxygen atoms in total. The minimum Gasteiger partial charge on any atom is -0.393 e. The maximum absolute atomic E-state index is 10.1. The van der Waals surface area contributed by atoms with Crippen molar-refractivity contribution in [3.8, 4) is 11.1 Å². The highest BCUT2D eigenvalue weighted by atomic mass is 16.3. The van der Waals surface area contributed by atoms with Crippen molar-refractivity contribution < 1.29 is 5.11 Å². The van der Waals surface area contributed by atoms with Crippen LogP contribution in [0.4, 0.5) is 5.95 Å². The van der Waals surface area contributed by atoms with Crippen LogP contribution in [0.5, 0.6) is 0 Å². The number of hydrogen-bond donors (Lipinski definition) is 2. The Bertz CT molecular complexity index is 1150. The first kappa shape index (κ1) is 23.9. The predicted molar refractivity (Wildman–Crippen MR) is 146 cm³/mol. The van der Waals surface area contributed by atoms with Gasteiger partial charge in [-0.15, -0.1) is 0 Å². The van der Waals surface area contributed by atoms with Crippen LogP contribution in [0.15, 0.2) is 36.7 Å². The summed E-state index contributed by atoms with van der Waals surface area (Å²) in [5.41, 5.74) is 4.83. The molecular weight excluding hydrogens is 446 g/mol. The highest BCUT2D eigenvalue weighted by Gasteiger charge is 2.26. The van der Waals surface area contributed by atoms with Crippen molar-refractivity contribution in [2.24, 2.45) is 5.92 Å². The number of nitrogens with zero attached hydrogens (tertiary/aromatic N) is 4. The van der Waals surface area contributed by atoms with Gasteiger partial charge in [-0.2, -0.15) is 4.98 Å². The molecule has 3 aromatic rings. The first-order valence-electron chi connectivity index (χ1n) is 14.3. The second-order valence-electron chi connectivity index (χ2n) is 11.6. The van der Waals surface area contributed by atoms with Crippen molar-refractivity contribution in [1.82, 2.24) is 19.4 Å². The molecule has 3 aliphatic rings. The average molecular weight is 488 g/mol. The van der Waals surface area contributed by atoms with E-state index < -0.39 is 0 Å². The highest BCUT2D eigenvalue weighted by Crippen LogP contribution is 2.37. The van der Waals surface area contributed by atoms with Gasteiger partial charge in [-0.3, -0.25) is 4.90 Å². The van der Waals surface area contributed by atoms with Gasteiger partial charge in [-0.25, -0.2) is 4.98 Å². The number of piperidine rings is 1. The number of aliphatic hydroxyl groups excluding tert-OH is 1. The van der Waals surface area contributed by atoms with E-state index in [4.69, 9.17) is 9.97 Å². The van der Waals surface area contributed by atoms with E-state index in [2.05, 4.69) is 52.2 Å². The Hall–Kier alpha value is -2.44. The zero-order valence-electron chi connectivity index (χ0n) is 21.7. The fourth-order valence-electron chi connectivity index (χ4n) is 6.24. The zero-order valence-corrected chi connectivity index (χ0v) is 21.7. The fraction of sp³-hybridized carbons (Fsp3) is 0.600. The van der Waals surface area contributed by atoms with Crippen molar-refractivity contribution in [2.75, 3.05) is 18.4 Å². The Labute approximate surface area is 215 Å². The Balaban J connectivity index is 1.28. The van der Waals surface area contributed by atoms with Gasteiger partial charge in [0.1, 0.15) is 5.65 Å². The number of benzene rings is 1. The van der Waals surface area contributed by atoms with Gasteiger partial charge < -0.3 is 15.0 Å². The summed E-state index contributed by atoms with van der Waals surface area (Å²) in [6.07, 6.45) is 15.8. The summed E-state index contributed by atoms with van der Waals surface area (Å²) in [5.74, 6) is 1.60. The second-order valence-corrected chi connectivity index (χ2v) is 11.6. The molecule has 0 spiro atoms. The van der Waals surface area contributed by atoms with Crippen LogP contribution >= 0.6 is 0 Å². The molecule has 2 aliphatic carbocycles. The smallest absolute Gasteiger partial charge is 0.224 e. The van der Waals surface area contributed by atoms with E-state index in [0.717, 1.165) is 55.1 Å². The molecule has 1 atom stereocenters. The van der Waals surface area contributed by atoms with Crippen molar-refractivity contribution >= 4 is 17.0 Å². The molecule has 0 amide bonds. The molecule has 192 valence electrons. The van der Waals surface area contributed by atoms with Crippen LogP contribution in [0.3, 0.4) is 0 Å². The SMILES string of the molecule is CC(CC1CC1)Nc1ncc2c(-c3ccc(CN4CCCCC4)cc3)cn([C@H]3CC[C@H](O)CC3)c2n1. The summed E-state index contributed by atoms with van der Waals surface area (Å²) < 4.78 is 2.37. The number of likely N-dealkylation sites (tertiary alicyclic amines) is 1. The van der Waals surface area contributed by atoms with Crippen molar-refractivity contribution in [3.63, 3.8) is 0 Å². The van der Waals surface area contributed by atoms with Crippen LogP contribution < -0.4 is 5.32 Å². The lowest BCUT2D eigenvalue weighted by Crippen LogP contribution is -2.28. The van der Waals surface area contributed by atoms with Crippen molar-refractivity contribution in [3.05, 3.63) is 42.2 Å². The normalized spacial score (nSPS) is 24.2. The average Bonchev–Trinajstić information content (AvgIpc) is 3.63. The first-order valence-corrected chi connectivity index (χ1v) is 14.3. The Morgan fingerprint density at radius 3 is 2.47 bits per heavy atom. The second kappa shape index (κ2) is 10.5. The third-order valence-corrected chi connectivity index (χ3v) is 8.51. The van der Waals surface area contributed by atoms with Crippen LogP contribution in [0.1, 0.15) is 82.7 Å². The molecule has 3 fully saturated rings.